The van der Waals surface area contributed by atoms with Crippen LogP contribution in [0, 0.1) is 12.7 Å². The van der Waals surface area contributed by atoms with Gasteiger partial charge in [0.1, 0.15) is 5.82 Å². The number of amides is 1. The van der Waals surface area contributed by atoms with Crippen LogP contribution in [-0.2, 0) is 6.42 Å². The first-order valence-electron chi connectivity index (χ1n) is 8.70. The molecular weight excluding hydrogens is 327 g/mol. The van der Waals surface area contributed by atoms with Crippen molar-refractivity contribution in [3.05, 3.63) is 101 Å². The number of halogens is 1. The monoisotopic (exact) mass is 346 g/mol. The number of aryl methyl sites for hydroxylation is 1. The van der Waals surface area contributed by atoms with E-state index in [0.29, 0.717) is 6.54 Å². The first-order valence-corrected chi connectivity index (χ1v) is 8.70. The van der Waals surface area contributed by atoms with Gasteiger partial charge in [-0.15, -0.1) is 0 Å². The van der Waals surface area contributed by atoms with E-state index in [4.69, 9.17) is 0 Å². The molecule has 2 aromatic carbocycles. The molecular formula is C22H19FN2O. The van der Waals surface area contributed by atoms with E-state index in [9.17, 15) is 9.18 Å². The van der Waals surface area contributed by atoms with Crippen molar-refractivity contribution in [2.75, 3.05) is 6.54 Å². The van der Waals surface area contributed by atoms with Crippen LogP contribution in [0.25, 0.3) is 0 Å². The molecule has 3 aromatic rings. The molecule has 26 heavy (non-hydrogen) atoms. The van der Waals surface area contributed by atoms with Crippen LogP contribution >= 0.6 is 0 Å². The zero-order valence-electron chi connectivity index (χ0n) is 14.5. The zero-order valence-corrected chi connectivity index (χ0v) is 14.5. The Morgan fingerprint density at radius 1 is 1.15 bits per heavy atom. The number of aromatic nitrogens is 1. The molecule has 4 heteroatoms. The van der Waals surface area contributed by atoms with E-state index in [2.05, 4.69) is 30.1 Å². The summed E-state index contributed by atoms with van der Waals surface area (Å²) in [4.78, 5) is 19.1. The molecule has 4 rings (SSSR count). The lowest BCUT2D eigenvalue weighted by Gasteiger charge is -2.38. The van der Waals surface area contributed by atoms with Gasteiger partial charge in [0.05, 0.1) is 11.6 Å². The van der Waals surface area contributed by atoms with Crippen molar-refractivity contribution in [1.82, 2.24) is 9.88 Å². The van der Waals surface area contributed by atoms with E-state index in [1.165, 1.54) is 17.2 Å². The summed E-state index contributed by atoms with van der Waals surface area (Å²) in [6.45, 7) is 2.61. The maximum Gasteiger partial charge on any atom is 0.257 e. The van der Waals surface area contributed by atoms with Crippen molar-refractivity contribution in [3.8, 4) is 0 Å². The molecule has 1 aliphatic rings. The van der Waals surface area contributed by atoms with Gasteiger partial charge in [0.2, 0.25) is 0 Å². The number of hydrogen-bond donors (Lipinski definition) is 0. The highest BCUT2D eigenvalue weighted by Gasteiger charge is 2.33. The van der Waals surface area contributed by atoms with Crippen LogP contribution in [0.3, 0.4) is 0 Å². The Morgan fingerprint density at radius 2 is 2.00 bits per heavy atom. The predicted molar refractivity (Wildman–Crippen MR) is 98.4 cm³/mol. The highest BCUT2D eigenvalue weighted by molar-refractivity contribution is 5.95. The SMILES string of the molecule is Cc1ccc2c(c1)CCN(C(=O)c1ccccc1F)C2c1cccnc1. The van der Waals surface area contributed by atoms with Crippen LogP contribution in [0.15, 0.2) is 67.0 Å². The Kier molecular flexibility index (Phi) is 4.25. The lowest BCUT2D eigenvalue weighted by Crippen LogP contribution is -2.41. The molecule has 1 amide bonds. The quantitative estimate of drug-likeness (QED) is 0.692. The molecule has 0 fully saturated rings. The number of pyridine rings is 1. The van der Waals surface area contributed by atoms with E-state index >= 15 is 0 Å². The average Bonchev–Trinajstić information content (AvgIpc) is 2.67. The second-order valence-electron chi connectivity index (χ2n) is 6.62. The summed E-state index contributed by atoms with van der Waals surface area (Å²) in [6, 6.07) is 16.0. The van der Waals surface area contributed by atoms with Gasteiger partial charge in [-0.25, -0.2) is 4.39 Å². The molecule has 0 aliphatic carbocycles. The summed E-state index contributed by atoms with van der Waals surface area (Å²) in [5.41, 5.74) is 4.55. The number of benzene rings is 2. The van der Waals surface area contributed by atoms with E-state index in [1.54, 1.807) is 35.5 Å². The van der Waals surface area contributed by atoms with Gasteiger partial charge < -0.3 is 4.90 Å². The van der Waals surface area contributed by atoms with Gasteiger partial charge in [-0.05, 0) is 48.2 Å². The molecule has 0 bridgehead atoms. The summed E-state index contributed by atoms with van der Waals surface area (Å²) in [7, 11) is 0. The Morgan fingerprint density at radius 3 is 2.77 bits per heavy atom. The molecule has 1 aliphatic heterocycles. The molecule has 0 saturated carbocycles. The van der Waals surface area contributed by atoms with Crippen LogP contribution in [0.4, 0.5) is 4.39 Å². The number of hydrogen-bond acceptors (Lipinski definition) is 2. The van der Waals surface area contributed by atoms with Crippen molar-refractivity contribution < 1.29 is 9.18 Å². The van der Waals surface area contributed by atoms with Crippen LogP contribution in [0.1, 0.15) is 38.7 Å². The van der Waals surface area contributed by atoms with Gasteiger partial charge >= 0.3 is 0 Å². The molecule has 0 spiro atoms. The Hall–Kier alpha value is -3.01. The third kappa shape index (κ3) is 2.88. The summed E-state index contributed by atoms with van der Waals surface area (Å²) < 4.78 is 14.2. The molecule has 3 nitrogen and oxygen atoms in total. The maximum absolute atomic E-state index is 14.2. The Labute approximate surface area is 152 Å². The maximum atomic E-state index is 14.2. The average molecular weight is 346 g/mol. The van der Waals surface area contributed by atoms with Crippen LogP contribution < -0.4 is 0 Å². The predicted octanol–water partition coefficient (Wildman–Crippen LogP) is 4.32. The fraction of sp³-hybridized carbons (Fsp3) is 0.182. The summed E-state index contributed by atoms with van der Waals surface area (Å²) in [5, 5.41) is 0. The number of rotatable bonds is 2. The standard InChI is InChI=1S/C22H19FN2O/c1-15-8-9-18-16(13-15)10-12-25(21(18)17-5-4-11-24-14-17)22(26)19-6-2-3-7-20(19)23/h2-9,11,13-14,21H,10,12H2,1H3. The molecule has 130 valence electrons. The van der Waals surface area contributed by atoms with Crippen molar-refractivity contribution >= 4 is 5.91 Å². The highest BCUT2D eigenvalue weighted by atomic mass is 19.1. The van der Waals surface area contributed by atoms with Crippen molar-refractivity contribution in [3.63, 3.8) is 0 Å². The topological polar surface area (TPSA) is 33.2 Å². The normalized spacial score (nSPS) is 16.2. The number of nitrogens with zero attached hydrogens (tertiary/aromatic N) is 2. The van der Waals surface area contributed by atoms with Gasteiger partial charge in [-0.3, -0.25) is 9.78 Å². The van der Waals surface area contributed by atoms with Gasteiger partial charge in [-0.1, -0.05) is 42.0 Å². The van der Waals surface area contributed by atoms with Gasteiger partial charge in [-0.2, -0.15) is 0 Å². The molecule has 0 saturated heterocycles. The second kappa shape index (κ2) is 6.71. The minimum atomic E-state index is -0.489. The summed E-state index contributed by atoms with van der Waals surface area (Å²) >= 11 is 0. The molecule has 1 unspecified atom stereocenters. The number of carbonyl (C=O) groups is 1. The molecule has 0 N–H and O–H groups in total. The zero-order chi connectivity index (χ0) is 18.1. The second-order valence-corrected chi connectivity index (χ2v) is 6.62. The minimum absolute atomic E-state index is 0.108. The van der Waals surface area contributed by atoms with E-state index in [0.717, 1.165) is 17.5 Å². The highest BCUT2D eigenvalue weighted by Crippen LogP contribution is 2.36. The van der Waals surface area contributed by atoms with Gasteiger partial charge in [0.15, 0.2) is 0 Å². The smallest absolute Gasteiger partial charge is 0.257 e. The first-order chi connectivity index (χ1) is 12.6. The van der Waals surface area contributed by atoms with Crippen molar-refractivity contribution in [2.45, 2.75) is 19.4 Å². The van der Waals surface area contributed by atoms with Crippen LogP contribution in [-0.4, -0.2) is 22.3 Å². The lowest BCUT2D eigenvalue weighted by atomic mass is 9.87. The third-order valence-electron chi connectivity index (χ3n) is 4.89. The molecule has 1 atom stereocenters. The van der Waals surface area contributed by atoms with Crippen LogP contribution in [0.2, 0.25) is 0 Å². The molecule has 1 aromatic heterocycles. The lowest BCUT2D eigenvalue weighted by molar-refractivity contribution is 0.0689. The van der Waals surface area contributed by atoms with Crippen molar-refractivity contribution in [2.24, 2.45) is 0 Å². The first kappa shape index (κ1) is 16.5. The molecule has 2 heterocycles. The fourth-order valence-corrected chi connectivity index (χ4v) is 3.66. The van der Waals surface area contributed by atoms with E-state index in [1.807, 2.05) is 12.1 Å². The van der Waals surface area contributed by atoms with Gasteiger partial charge in [0, 0.05) is 18.9 Å². The van der Waals surface area contributed by atoms with Crippen LogP contribution in [0.5, 0.6) is 0 Å². The number of fused-ring (bicyclic) bond motifs is 1. The molecule has 0 radical (unpaired) electrons. The Bertz CT molecular complexity index is 955. The Balaban J connectivity index is 1.82. The summed E-state index contributed by atoms with van der Waals surface area (Å²) in [6.07, 6.45) is 4.25. The third-order valence-corrected chi connectivity index (χ3v) is 4.89. The van der Waals surface area contributed by atoms with Gasteiger partial charge in [0.25, 0.3) is 5.91 Å². The number of carbonyl (C=O) groups excluding carboxylic acids is 1. The minimum Gasteiger partial charge on any atom is -0.327 e. The van der Waals surface area contributed by atoms with Crippen molar-refractivity contribution in [1.29, 1.82) is 0 Å². The van der Waals surface area contributed by atoms with E-state index < -0.39 is 5.82 Å². The largest absolute Gasteiger partial charge is 0.327 e. The fourth-order valence-electron chi connectivity index (χ4n) is 3.66. The van der Waals surface area contributed by atoms with E-state index in [-0.39, 0.29) is 17.5 Å². The summed E-state index contributed by atoms with van der Waals surface area (Å²) in [5.74, 6) is -0.777.